The molecule has 1 unspecified atom stereocenters. The van der Waals surface area contributed by atoms with Crippen LogP contribution in [-0.4, -0.2) is 4.57 Å². The molecule has 0 bridgehead atoms. The molecule has 0 radical (unpaired) electrons. The summed E-state index contributed by atoms with van der Waals surface area (Å²) in [5.74, 6) is -1.61. The maximum atomic E-state index is 14.2. The van der Waals surface area contributed by atoms with E-state index in [2.05, 4.69) is 5.32 Å². The van der Waals surface area contributed by atoms with Crippen LogP contribution in [-0.2, 0) is 6.54 Å². The van der Waals surface area contributed by atoms with Gasteiger partial charge < -0.3 is 9.88 Å². The van der Waals surface area contributed by atoms with Gasteiger partial charge in [-0.1, -0.05) is 30.3 Å². The molecule has 4 rings (SSSR count). The molecule has 5 heteroatoms. The largest absolute Gasteiger partial charge is 0.319 e. The molecule has 0 aliphatic carbocycles. The van der Waals surface area contributed by atoms with Crippen molar-refractivity contribution in [1.82, 2.24) is 9.88 Å². The lowest BCUT2D eigenvalue weighted by atomic mass is 10.0. The summed E-state index contributed by atoms with van der Waals surface area (Å²) in [4.78, 5) is 0. The van der Waals surface area contributed by atoms with E-state index in [1.165, 1.54) is 0 Å². The summed E-state index contributed by atoms with van der Waals surface area (Å²) >= 11 is 0. The highest BCUT2D eigenvalue weighted by atomic mass is 35.5. The lowest BCUT2D eigenvalue weighted by Crippen LogP contribution is -2.22. The van der Waals surface area contributed by atoms with Crippen LogP contribution in [0.5, 0.6) is 0 Å². The Kier molecular flexibility index (Phi) is 4.20. The molecular weight excluding hydrogens is 318 g/mol. The van der Waals surface area contributed by atoms with E-state index in [1.54, 1.807) is 12.1 Å². The van der Waals surface area contributed by atoms with Gasteiger partial charge in [-0.15, -0.1) is 12.4 Å². The third-order valence-electron chi connectivity index (χ3n) is 4.12. The maximum absolute atomic E-state index is 14.2. The fraction of sp³-hybridized carbons (Fsp3) is 0.111. The number of aromatic nitrogens is 1. The van der Waals surface area contributed by atoms with Crippen molar-refractivity contribution in [3.05, 3.63) is 89.2 Å². The summed E-state index contributed by atoms with van der Waals surface area (Å²) in [7, 11) is 0. The summed E-state index contributed by atoms with van der Waals surface area (Å²) in [6.07, 6.45) is 1.95. The van der Waals surface area contributed by atoms with E-state index in [0.29, 0.717) is 12.1 Å². The number of para-hydroxylation sites is 1. The first-order valence-electron chi connectivity index (χ1n) is 7.18. The highest BCUT2D eigenvalue weighted by Gasteiger charge is 2.25. The molecule has 2 aromatic carbocycles. The minimum atomic E-state index is -0.820. The van der Waals surface area contributed by atoms with E-state index in [0.717, 1.165) is 23.0 Å². The smallest absolute Gasteiger partial charge is 0.163 e. The zero-order valence-electron chi connectivity index (χ0n) is 12.2. The molecule has 0 spiro atoms. The van der Waals surface area contributed by atoms with Crippen molar-refractivity contribution in [2.45, 2.75) is 12.6 Å². The Morgan fingerprint density at radius 2 is 1.78 bits per heavy atom. The third-order valence-corrected chi connectivity index (χ3v) is 4.12. The van der Waals surface area contributed by atoms with Crippen LogP contribution in [0.1, 0.15) is 22.9 Å². The second-order valence-corrected chi connectivity index (χ2v) is 5.39. The van der Waals surface area contributed by atoms with Crippen molar-refractivity contribution >= 4 is 12.4 Å². The van der Waals surface area contributed by atoms with E-state index in [4.69, 9.17) is 0 Å². The predicted molar refractivity (Wildman–Crippen MR) is 88.1 cm³/mol. The zero-order valence-corrected chi connectivity index (χ0v) is 13.0. The van der Waals surface area contributed by atoms with Crippen LogP contribution in [0.3, 0.4) is 0 Å². The number of halogens is 3. The van der Waals surface area contributed by atoms with Crippen molar-refractivity contribution < 1.29 is 8.78 Å². The first kappa shape index (κ1) is 15.7. The molecule has 1 aromatic heterocycles. The average molecular weight is 333 g/mol. The van der Waals surface area contributed by atoms with Crippen LogP contribution in [0.4, 0.5) is 8.78 Å². The van der Waals surface area contributed by atoms with Gasteiger partial charge in [-0.3, -0.25) is 0 Å². The number of nitrogens with zero attached hydrogens (tertiary/aromatic N) is 1. The molecule has 1 atom stereocenters. The minimum absolute atomic E-state index is 0. The SMILES string of the molecule is Cl.Fc1cccc(C2NCc3ccccc3-n3cccc32)c1F. The molecule has 0 saturated heterocycles. The van der Waals surface area contributed by atoms with E-state index in [1.807, 2.05) is 47.2 Å². The monoisotopic (exact) mass is 332 g/mol. The van der Waals surface area contributed by atoms with Crippen LogP contribution < -0.4 is 5.32 Å². The van der Waals surface area contributed by atoms with Crippen molar-refractivity contribution in [2.24, 2.45) is 0 Å². The lowest BCUT2D eigenvalue weighted by Gasteiger charge is -2.18. The van der Waals surface area contributed by atoms with Crippen LogP contribution in [0.2, 0.25) is 0 Å². The Balaban J connectivity index is 0.00000156. The van der Waals surface area contributed by atoms with Gasteiger partial charge in [0.2, 0.25) is 0 Å². The van der Waals surface area contributed by atoms with Gasteiger partial charge in [0.15, 0.2) is 11.6 Å². The third kappa shape index (κ3) is 2.54. The summed E-state index contributed by atoms with van der Waals surface area (Å²) in [6.45, 7) is 0.596. The van der Waals surface area contributed by atoms with Gasteiger partial charge in [-0.25, -0.2) is 8.78 Å². The fourth-order valence-electron chi connectivity index (χ4n) is 3.07. The molecule has 0 fully saturated rings. The number of hydrogen-bond donors (Lipinski definition) is 1. The van der Waals surface area contributed by atoms with Gasteiger partial charge in [-0.05, 0) is 29.8 Å². The predicted octanol–water partition coefficient (Wildman–Crippen LogP) is 4.37. The molecule has 1 aliphatic heterocycles. The van der Waals surface area contributed by atoms with Crippen molar-refractivity contribution in [1.29, 1.82) is 0 Å². The summed E-state index contributed by atoms with van der Waals surface area (Å²) in [5, 5.41) is 3.34. The molecule has 0 saturated carbocycles. The van der Waals surface area contributed by atoms with Gasteiger partial charge in [0, 0.05) is 29.7 Å². The molecule has 1 N–H and O–H groups in total. The summed E-state index contributed by atoms with van der Waals surface area (Å²) < 4.78 is 29.8. The van der Waals surface area contributed by atoms with Gasteiger partial charge in [-0.2, -0.15) is 0 Å². The second-order valence-electron chi connectivity index (χ2n) is 5.39. The van der Waals surface area contributed by atoms with E-state index in [9.17, 15) is 8.78 Å². The molecule has 2 heterocycles. The molecule has 1 aliphatic rings. The Hall–Kier alpha value is -2.17. The Labute approximate surface area is 139 Å². The zero-order chi connectivity index (χ0) is 15.1. The molecular formula is C18H15ClF2N2. The van der Waals surface area contributed by atoms with Gasteiger partial charge in [0.1, 0.15) is 0 Å². The van der Waals surface area contributed by atoms with Gasteiger partial charge in [0.05, 0.1) is 6.04 Å². The molecule has 2 nitrogen and oxygen atoms in total. The Morgan fingerprint density at radius 3 is 2.65 bits per heavy atom. The number of hydrogen-bond acceptors (Lipinski definition) is 1. The van der Waals surface area contributed by atoms with E-state index < -0.39 is 17.7 Å². The summed E-state index contributed by atoms with van der Waals surface area (Å²) in [6, 6.07) is 15.8. The Bertz CT molecular complexity index is 845. The molecule has 3 aromatic rings. The van der Waals surface area contributed by atoms with Gasteiger partial charge >= 0.3 is 0 Å². The van der Waals surface area contributed by atoms with Crippen LogP contribution in [0.15, 0.2) is 60.8 Å². The summed E-state index contributed by atoms with van der Waals surface area (Å²) in [5.41, 5.74) is 3.41. The van der Waals surface area contributed by atoms with E-state index >= 15 is 0 Å². The Morgan fingerprint density at radius 1 is 0.957 bits per heavy atom. The first-order chi connectivity index (χ1) is 10.8. The number of rotatable bonds is 1. The van der Waals surface area contributed by atoms with Crippen LogP contribution >= 0.6 is 12.4 Å². The number of benzene rings is 2. The maximum Gasteiger partial charge on any atom is 0.163 e. The minimum Gasteiger partial charge on any atom is -0.319 e. The second kappa shape index (κ2) is 6.14. The standard InChI is InChI=1S/C18H14F2N2.ClH/c19-14-7-3-6-13(17(14)20)18-16-9-4-10-22(16)15-8-2-1-5-12(15)11-21-18;/h1-10,18,21H,11H2;1H. The molecule has 118 valence electrons. The number of nitrogens with one attached hydrogen (secondary N) is 1. The lowest BCUT2D eigenvalue weighted by molar-refractivity contribution is 0.479. The number of fused-ring (bicyclic) bond motifs is 3. The quantitative estimate of drug-likeness (QED) is 0.700. The first-order valence-corrected chi connectivity index (χ1v) is 7.18. The van der Waals surface area contributed by atoms with Crippen molar-refractivity contribution in [3.8, 4) is 5.69 Å². The normalized spacial score (nSPS) is 16.0. The van der Waals surface area contributed by atoms with Crippen LogP contribution in [0.25, 0.3) is 5.69 Å². The highest BCUT2D eigenvalue weighted by Crippen LogP contribution is 2.31. The van der Waals surface area contributed by atoms with Crippen molar-refractivity contribution in [2.75, 3.05) is 0 Å². The topological polar surface area (TPSA) is 17.0 Å². The van der Waals surface area contributed by atoms with Crippen molar-refractivity contribution in [3.63, 3.8) is 0 Å². The van der Waals surface area contributed by atoms with Gasteiger partial charge in [0.25, 0.3) is 0 Å². The average Bonchev–Trinajstić information content (AvgIpc) is 2.96. The molecule has 23 heavy (non-hydrogen) atoms. The van der Waals surface area contributed by atoms with E-state index in [-0.39, 0.29) is 12.4 Å². The fourth-order valence-corrected chi connectivity index (χ4v) is 3.07. The van der Waals surface area contributed by atoms with Crippen LogP contribution in [0, 0.1) is 11.6 Å². The molecule has 0 amide bonds. The highest BCUT2D eigenvalue weighted by molar-refractivity contribution is 5.85.